The van der Waals surface area contributed by atoms with Crippen molar-refractivity contribution < 1.29 is 19.1 Å². The monoisotopic (exact) mass is 411 g/mol. The molecule has 9 heteroatoms. The molecule has 2 aliphatic heterocycles. The number of aromatic amines is 1. The molecule has 1 aromatic carbocycles. The molecular formula is C21H25N5O4. The van der Waals surface area contributed by atoms with E-state index < -0.39 is 0 Å². The first-order valence-corrected chi connectivity index (χ1v) is 10.1. The van der Waals surface area contributed by atoms with Crippen molar-refractivity contribution in [2.45, 2.75) is 26.7 Å². The van der Waals surface area contributed by atoms with Gasteiger partial charge in [-0.15, -0.1) is 0 Å². The second-order valence-corrected chi connectivity index (χ2v) is 7.82. The van der Waals surface area contributed by atoms with Crippen molar-refractivity contribution in [2.24, 2.45) is 5.92 Å². The van der Waals surface area contributed by atoms with Crippen LogP contribution < -0.4 is 15.4 Å². The molecule has 30 heavy (non-hydrogen) atoms. The summed E-state index contributed by atoms with van der Waals surface area (Å²) in [7, 11) is 0. The highest BCUT2D eigenvalue weighted by Gasteiger charge is 2.28. The summed E-state index contributed by atoms with van der Waals surface area (Å²) < 4.78 is 5.35. The molecule has 2 aromatic rings. The number of H-pyrrole nitrogens is 1. The highest BCUT2D eigenvalue weighted by molar-refractivity contribution is 6.01. The van der Waals surface area contributed by atoms with Crippen LogP contribution in [0.2, 0.25) is 0 Å². The van der Waals surface area contributed by atoms with Gasteiger partial charge in [-0.1, -0.05) is 0 Å². The Labute approximate surface area is 174 Å². The van der Waals surface area contributed by atoms with Crippen molar-refractivity contribution in [3.05, 3.63) is 35.2 Å². The zero-order chi connectivity index (χ0) is 21.3. The number of rotatable bonds is 5. The first-order chi connectivity index (χ1) is 14.4. The number of aromatic nitrogens is 2. The lowest BCUT2D eigenvalue weighted by molar-refractivity contribution is -0.119. The Morgan fingerprint density at radius 3 is 2.73 bits per heavy atom. The Kier molecular flexibility index (Phi) is 5.54. The molecule has 0 spiro atoms. The molecule has 9 nitrogen and oxygen atoms in total. The minimum atomic E-state index is -0.223. The van der Waals surface area contributed by atoms with Crippen LogP contribution >= 0.6 is 0 Å². The minimum absolute atomic E-state index is 0.00787. The molecule has 1 saturated heterocycles. The van der Waals surface area contributed by atoms with Crippen molar-refractivity contribution in [3.63, 3.8) is 0 Å². The molecule has 2 aliphatic rings. The summed E-state index contributed by atoms with van der Waals surface area (Å²) in [4.78, 5) is 38.9. The van der Waals surface area contributed by atoms with Crippen LogP contribution in [0.25, 0.3) is 0 Å². The fourth-order valence-corrected chi connectivity index (χ4v) is 3.94. The molecule has 0 aliphatic carbocycles. The number of carbonyl (C=O) groups excluding carboxylic acids is 3. The van der Waals surface area contributed by atoms with Gasteiger partial charge < -0.3 is 15.4 Å². The minimum Gasteiger partial charge on any atom is -0.482 e. The number of hydrogen-bond acceptors (Lipinski definition) is 6. The van der Waals surface area contributed by atoms with Crippen LogP contribution in [0, 0.1) is 19.8 Å². The number of ether oxygens (including phenoxy) is 1. The Hall–Kier alpha value is -3.20. The summed E-state index contributed by atoms with van der Waals surface area (Å²) in [5.41, 5.74) is 3.43. The molecule has 1 fully saturated rings. The number of piperidine rings is 1. The van der Waals surface area contributed by atoms with Gasteiger partial charge in [-0.25, -0.2) is 0 Å². The zero-order valence-electron chi connectivity index (χ0n) is 17.1. The molecule has 0 atom stereocenters. The fourth-order valence-electron chi connectivity index (χ4n) is 3.94. The first kappa shape index (κ1) is 20.1. The topological polar surface area (TPSA) is 116 Å². The number of carbonyl (C=O) groups is 3. The highest BCUT2D eigenvalue weighted by atomic mass is 16.5. The summed E-state index contributed by atoms with van der Waals surface area (Å²) in [6.07, 6.45) is 1.38. The van der Waals surface area contributed by atoms with Crippen molar-refractivity contribution in [3.8, 4) is 5.75 Å². The van der Waals surface area contributed by atoms with Crippen molar-refractivity contribution >= 4 is 29.0 Å². The van der Waals surface area contributed by atoms with Crippen LogP contribution in [-0.2, 0) is 9.59 Å². The van der Waals surface area contributed by atoms with E-state index in [2.05, 4.69) is 25.7 Å². The predicted molar refractivity (Wildman–Crippen MR) is 111 cm³/mol. The first-order valence-electron chi connectivity index (χ1n) is 10.1. The van der Waals surface area contributed by atoms with E-state index in [0.717, 1.165) is 17.1 Å². The number of ketones is 1. The van der Waals surface area contributed by atoms with Gasteiger partial charge in [-0.05, 0) is 58.0 Å². The van der Waals surface area contributed by atoms with Gasteiger partial charge in [-0.3, -0.25) is 24.4 Å². The number of anilines is 2. The van der Waals surface area contributed by atoms with Gasteiger partial charge >= 0.3 is 0 Å². The Morgan fingerprint density at radius 1 is 1.27 bits per heavy atom. The molecule has 0 radical (unpaired) electrons. The maximum absolute atomic E-state index is 12.9. The Bertz CT molecular complexity index is 972. The normalized spacial score (nSPS) is 17.1. The van der Waals surface area contributed by atoms with E-state index in [9.17, 15) is 14.4 Å². The number of nitrogens with one attached hydrogen (secondary N) is 3. The third-order valence-corrected chi connectivity index (χ3v) is 5.62. The van der Waals surface area contributed by atoms with E-state index in [1.165, 1.54) is 0 Å². The number of nitrogens with zero attached hydrogens (tertiary/aromatic N) is 2. The molecular weight excluding hydrogens is 386 g/mol. The number of aryl methyl sites for hydroxylation is 2. The number of likely N-dealkylation sites (tertiary alicyclic amines) is 1. The molecule has 0 bridgehead atoms. The molecule has 1 aromatic heterocycles. The van der Waals surface area contributed by atoms with Gasteiger partial charge in [0.15, 0.2) is 12.4 Å². The maximum atomic E-state index is 12.9. The zero-order valence-corrected chi connectivity index (χ0v) is 17.1. The number of Topliss-reactive ketones (excluding diaryl/α,β-unsaturated/α-hetero) is 1. The van der Waals surface area contributed by atoms with Gasteiger partial charge in [-0.2, -0.15) is 5.10 Å². The van der Waals surface area contributed by atoms with Crippen LogP contribution in [0.5, 0.6) is 5.75 Å². The SMILES string of the molecule is Cc1n[nH]c(C)c1NC(=O)CN1CCC(C(=O)c2ccc3c(c2)NC(=O)CO3)CC1. The molecule has 3 N–H and O–H groups in total. The lowest BCUT2D eigenvalue weighted by Crippen LogP contribution is -2.40. The number of fused-ring (bicyclic) bond motifs is 1. The van der Waals surface area contributed by atoms with E-state index >= 15 is 0 Å². The molecule has 4 rings (SSSR count). The molecule has 0 unspecified atom stereocenters. The summed E-state index contributed by atoms with van der Waals surface area (Å²) in [6.45, 7) is 5.34. The molecule has 2 amide bonds. The number of hydrogen-bond donors (Lipinski definition) is 3. The largest absolute Gasteiger partial charge is 0.482 e. The van der Waals surface area contributed by atoms with Gasteiger partial charge in [0.25, 0.3) is 5.91 Å². The average molecular weight is 411 g/mol. The third-order valence-electron chi connectivity index (χ3n) is 5.62. The predicted octanol–water partition coefficient (Wildman–Crippen LogP) is 1.89. The van der Waals surface area contributed by atoms with E-state index in [0.29, 0.717) is 42.9 Å². The summed E-state index contributed by atoms with van der Waals surface area (Å²) in [5.74, 6) is 0.236. The Morgan fingerprint density at radius 2 is 2.03 bits per heavy atom. The van der Waals surface area contributed by atoms with Crippen molar-refractivity contribution in [1.29, 1.82) is 0 Å². The fraction of sp³-hybridized carbons (Fsp3) is 0.429. The van der Waals surface area contributed by atoms with Gasteiger partial charge in [0, 0.05) is 11.5 Å². The standard InChI is InChI=1S/C21H25N5O4/c1-12-20(13(2)25-24-12)23-18(27)10-26-7-5-14(6-8-26)21(29)15-3-4-17-16(9-15)22-19(28)11-30-17/h3-4,9,14H,5-8,10-11H2,1-2H3,(H,22,28)(H,23,27)(H,24,25). The highest BCUT2D eigenvalue weighted by Crippen LogP contribution is 2.30. The van der Waals surface area contributed by atoms with E-state index in [-0.39, 0.29) is 36.7 Å². The third kappa shape index (κ3) is 4.20. The van der Waals surface area contributed by atoms with Crippen molar-refractivity contribution in [2.75, 3.05) is 36.9 Å². The van der Waals surface area contributed by atoms with Crippen LogP contribution in [0.15, 0.2) is 18.2 Å². The summed E-state index contributed by atoms with van der Waals surface area (Å²) in [6, 6.07) is 5.15. The smallest absolute Gasteiger partial charge is 0.262 e. The molecule has 3 heterocycles. The quantitative estimate of drug-likeness (QED) is 0.647. The van der Waals surface area contributed by atoms with Crippen LogP contribution in [0.3, 0.4) is 0 Å². The van der Waals surface area contributed by atoms with Gasteiger partial charge in [0.2, 0.25) is 5.91 Å². The van der Waals surface area contributed by atoms with Gasteiger partial charge in [0.1, 0.15) is 5.75 Å². The van der Waals surface area contributed by atoms with Crippen LogP contribution in [0.1, 0.15) is 34.6 Å². The summed E-state index contributed by atoms with van der Waals surface area (Å²) in [5, 5.41) is 12.6. The van der Waals surface area contributed by atoms with E-state index in [4.69, 9.17) is 4.74 Å². The van der Waals surface area contributed by atoms with Gasteiger partial charge in [0.05, 0.1) is 29.3 Å². The van der Waals surface area contributed by atoms with Crippen LogP contribution in [-0.4, -0.2) is 58.9 Å². The van der Waals surface area contributed by atoms with E-state index in [1.54, 1.807) is 18.2 Å². The second kappa shape index (κ2) is 8.27. The van der Waals surface area contributed by atoms with E-state index in [1.807, 2.05) is 13.8 Å². The lowest BCUT2D eigenvalue weighted by Gasteiger charge is -2.31. The number of benzene rings is 1. The average Bonchev–Trinajstić information content (AvgIpc) is 3.05. The second-order valence-electron chi connectivity index (χ2n) is 7.82. The lowest BCUT2D eigenvalue weighted by atomic mass is 9.88. The summed E-state index contributed by atoms with van der Waals surface area (Å²) >= 11 is 0. The van der Waals surface area contributed by atoms with Crippen LogP contribution in [0.4, 0.5) is 11.4 Å². The molecule has 0 saturated carbocycles. The Balaban J connectivity index is 1.31. The molecule has 158 valence electrons. The van der Waals surface area contributed by atoms with Crippen molar-refractivity contribution in [1.82, 2.24) is 15.1 Å². The number of amides is 2. The maximum Gasteiger partial charge on any atom is 0.262 e.